The molecule has 0 bridgehead atoms. The average molecular weight is 550 g/mol. The molecule has 1 fully saturated rings. The smallest absolute Gasteiger partial charge is 0.369 e. The summed E-state index contributed by atoms with van der Waals surface area (Å²) in [5.74, 6) is 1.68. The van der Waals surface area contributed by atoms with Gasteiger partial charge in [-0.25, -0.2) is 9.97 Å². The van der Waals surface area contributed by atoms with Crippen molar-refractivity contribution in [1.82, 2.24) is 29.6 Å². The second-order valence-electron chi connectivity index (χ2n) is 9.57. The summed E-state index contributed by atoms with van der Waals surface area (Å²) in [5, 5.41) is 14.1. The van der Waals surface area contributed by atoms with E-state index in [1.54, 1.807) is 10.7 Å². The molecule has 208 valence electrons. The molecule has 40 heavy (non-hydrogen) atoms. The molecule has 1 saturated heterocycles. The summed E-state index contributed by atoms with van der Waals surface area (Å²) in [4.78, 5) is 15.5. The highest BCUT2D eigenvalue weighted by atomic mass is 19.4. The molecule has 3 heterocycles. The fourth-order valence-electron chi connectivity index (χ4n) is 4.49. The minimum atomic E-state index is -4.43. The summed E-state index contributed by atoms with van der Waals surface area (Å²) in [5.41, 5.74) is 2.26. The molecule has 9 nitrogen and oxygen atoms in total. The molecule has 0 aliphatic carbocycles. The Morgan fingerprint density at radius 3 is 2.62 bits per heavy atom. The van der Waals surface area contributed by atoms with Gasteiger partial charge in [0, 0.05) is 36.2 Å². The second-order valence-corrected chi connectivity index (χ2v) is 9.57. The lowest BCUT2D eigenvalue weighted by Crippen LogP contribution is -2.26. The van der Waals surface area contributed by atoms with Gasteiger partial charge in [0.25, 0.3) is 0 Å². The van der Waals surface area contributed by atoms with Crippen molar-refractivity contribution >= 4 is 28.8 Å². The molecular weight excluding hydrogens is 519 g/mol. The van der Waals surface area contributed by atoms with Gasteiger partial charge in [-0.1, -0.05) is 24.8 Å². The van der Waals surface area contributed by atoms with E-state index in [1.165, 1.54) is 31.6 Å². The lowest BCUT2D eigenvalue weighted by molar-refractivity contribution is -0.137. The molecule has 1 aliphatic rings. The van der Waals surface area contributed by atoms with E-state index in [-0.39, 0.29) is 0 Å². The number of nitrogens with zero attached hydrogens (tertiary/aromatic N) is 6. The summed E-state index contributed by atoms with van der Waals surface area (Å²) in [7, 11) is 0. The first-order valence-corrected chi connectivity index (χ1v) is 13.0. The van der Waals surface area contributed by atoms with Crippen LogP contribution in [0.2, 0.25) is 0 Å². The van der Waals surface area contributed by atoms with Gasteiger partial charge in [-0.2, -0.15) is 27.9 Å². The van der Waals surface area contributed by atoms with Crippen LogP contribution in [0.1, 0.15) is 29.5 Å². The van der Waals surface area contributed by atoms with E-state index in [1.807, 2.05) is 31.2 Å². The molecule has 5 rings (SSSR count). The third-order valence-corrected chi connectivity index (χ3v) is 6.67. The monoisotopic (exact) mass is 549 g/mol. The highest BCUT2D eigenvalue weighted by Gasteiger charge is 2.30. The first-order valence-electron chi connectivity index (χ1n) is 13.0. The number of rotatable bonds is 10. The Morgan fingerprint density at radius 2 is 1.82 bits per heavy atom. The van der Waals surface area contributed by atoms with Crippen molar-refractivity contribution in [2.24, 2.45) is 0 Å². The highest BCUT2D eigenvalue weighted by molar-refractivity contribution is 5.78. The SMILES string of the molecule is C=C(Nc1ccc(C)c(Nc2ncnn2-c2cc(NCCN3CCCC3)ncn2)c1)c1cccc(C(F)(F)F)c1. The predicted molar refractivity (Wildman–Crippen MR) is 150 cm³/mol. The third-order valence-electron chi connectivity index (χ3n) is 6.67. The first-order chi connectivity index (χ1) is 19.3. The molecule has 0 atom stereocenters. The lowest BCUT2D eigenvalue weighted by atomic mass is 10.1. The van der Waals surface area contributed by atoms with Crippen LogP contribution in [0, 0.1) is 6.92 Å². The largest absolute Gasteiger partial charge is 0.416 e. The van der Waals surface area contributed by atoms with Gasteiger partial charge in [0.15, 0.2) is 5.82 Å². The van der Waals surface area contributed by atoms with E-state index in [0.29, 0.717) is 34.5 Å². The van der Waals surface area contributed by atoms with Crippen molar-refractivity contribution in [3.05, 3.63) is 84.5 Å². The lowest BCUT2D eigenvalue weighted by Gasteiger charge is -2.16. The quantitative estimate of drug-likeness (QED) is 0.231. The number of nitrogens with one attached hydrogen (secondary N) is 3. The van der Waals surface area contributed by atoms with E-state index < -0.39 is 11.7 Å². The van der Waals surface area contributed by atoms with E-state index in [9.17, 15) is 13.2 Å². The summed E-state index contributed by atoms with van der Waals surface area (Å²) >= 11 is 0. The zero-order valence-corrected chi connectivity index (χ0v) is 22.0. The minimum Gasteiger partial charge on any atom is -0.369 e. The Hall–Kier alpha value is -4.45. The molecular formula is C28H30F3N9. The van der Waals surface area contributed by atoms with Gasteiger partial charge in [0.05, 0.1) is 5.56 Å². The minimum absolute atomic E-state index is 0.342. The Labute approximate surface area is 230 Å². The van der Waals surface area contributed by atoms with Crippen molar-refractivity contribution in [1.29, 1.82) is 0 Å². The predicted octanol–water partition coefficient (Wildman–Crippen LogP) is 5.72. The maximum atomic E-state index is 13.1. The number of alkyl halides is 3. The standard InChI is InChI=1S/C28H30F3N9/c1-19-8-9-23(37-20(2)21-6-5-7-22(14-21)28(29,30)31)15-24(19)38-27-35-18-36-40(27)26-16-25(33-17-34-26)32-10-13-39-11-3-4-12-39/h5-9,14-18,37H,2-4,10-13H2,1H3,(H,32,33,34)(H,35,36,38). The van der Waals surface area contributed by atoms with Crippen LogP contribution >= 0.6 is 0 Å². The van der Waals surface area contributed by atoms with E-state index in [4.69, 9.17) is 0 Å². The summed E-state index contributed by atoms with van der Waals surface area (Å²) < 4.78 is 41.0. The maximum Gasteiger partial charge on any atom is 0.416 e. The number of hydrogen-bond acceptors (Lipinski definition) is 8. The van der Waals surface area contributed by atoms with Gasteiger partial charge in [0.1, 0.15) is 18.5 Å². The van der Waals surface area contributed by atoms with Gasteiger partial charge in [-0.15, -0.1) is 0 Å². The molecule has 2 aromatic carbocycles. The van der Waals surface area contributed by atoms with Gasteiger partial charge >= 0.3 is 6.18 Å². The molecule has 0 amide bonds. The molecule has 2 aromatic heterocycles. The zero-order valence-electron chi connectivity index (χ0n) is 22.0. The Balaban J connectivity index is 1.28. The van der Waals surface area contributed by atoms with Crippen LogP contribution in [0.4, 0.5) is 36.3 Å². The second kappa shape index (κ2) is 11.7. The van der Waals surface area contributed by atoms with Crippen molar-refractivity contribution in [2.75, 3.05) is 42.1 Å². The van der Waals surface area contributed by atoms with E-state index in [2.05, 4.69) is 47.5 Å². The number of likely N-dealkylation sites (tertiary alicyclic amines) is 1. The first kappa shape index (κ1) is 27.1. The van der Waals surface area contributed by atoms with E-state index in [0.717, 1.165) is 49.6 Å². The fraction of sp³-hybridized carbons (Fsp3) is 0.286. The number of anilines is 4. The summed E-state index contributed by atoms with van der Waals surface area (Å²) in [6, 6.07) is 12.4. The van der Waals surface area contributed by atoms with Crippen LogP contribution in [-0.4, -0.2) is 55.8 Å². The van der Waals surface area contributed by atoms with Crippen LogP contribution in [0.3, 0.4) is 0 Å². The summed E-state index contributed by atoms with van der Waals surface area (Å²) in [6.07, 6.45) is 0.985. The van der Waals surface area contributed by atoms with Crippen molar-refractivity contribution in [2.45, 2.75) is 25.9 Å². The Kier molecular flexibility index (Phi) is 7.96. The van der Waals surface area contributed by atoms with E-state index >= 15 is 0 Å². The van der Waals surface area contributed by atoms with Crippen molar-refractivity contribution in [3.8, 4) is 5.82 Å². The molecule has 4 aromatic rings. The highest BCUT2D eigenvalue weighted by Crippen LogP contribution is 2.31. The normalized spacial score (nSPS) is 13.8. The molecule has 0 spiro atoms. The van der Waals surface area contributed by atoms with Crippen molar-refractivity contribution in [3.63, 3.8) is 0 Å². The van der Waals surface area contributed by atoms with Gasteiger partial charge in [-0.05, 0) is 68.2 Å². The number of halogens is 3. The average Bonchev–Trinajstić information content (AvgIpc) is 3.63. The molecule has 0 radical (unpaired) electrons. The van der Waals surface area contributed by atoms with Crippen LogP contribution in [0.15, 0.2) is 67.8 Å². The molecule has 1 aliphatic heterocycles. The Bertz CT molecular complexity index is 1480. The number of aromatic nitrogens is 5. The number of hydrogen-bond donors (Lipinski definition) is 3. The van der Waals surface area contributed by atoms with Gasteiger partial charge < -0.3 is 20.9 Å². The van der Waals surface area contributed by atoms with Crippen molar-refractivity contribution < 1.29 is 13.2 Å². The van der Waals surface area contributed by atoms with Gasteiger partial charge in [-0.3, -0.25) is 0 Å². The fourth-order valence-corrected chi connectivity index (χ4v) is 4.49. The molecule has 0 unspecified atom stereocenters. The summed E-state index contributed by atoms with van der Waals surface area (Å²) in [6.45, 7) is 9.88. The molecule has 3 N–H and O–H groups in total. The van der Waals surface area contributed by atoms with Crippen LogP contribution in [0.25, 0.3) is 11.5 Å². The third kappa shape index (κ3) is 6.57. The zero-order chi connectivity index (χ0) is 28.1. The van der Waals surface area contributed by atoms with Crippen LogP contribution in [0.5, 0.6) is 0 Å². The van der Waals surface area contributed by atoms with Crippen LogP contribution in [-0.2, 0) is 6.18 Å². The van der Waals surface area contributed by atoms with Gasteiger partial charge in [0.2, 0.25) is 5.95 Å². The number of aryl methyl sites for hydroxylation is 1. The number of benzene rings is 2. The topological polar surface area (TPSA) is 95.8 Å². The molecule has 12 heteroatoms. The maximum absolute atomic E-state index is 13.1. The van der Waals surface area contributed by atoms with Crippen LogP contribution < -0.4 is 16.0 Å². The molecule has 0 saturated carbocycles. The Morgan fingerprint density at radius 1 is 1.00 bits per heavy atom.